The van der Waals surface area contributed by atoms with Gasteiger partial charge in [0.25, 0.3) is 0 Å². The van der Waals surface area contributed by atoms with Gasteiger partial charge in [-0.2, -0.15) is 0 Å². The second-order valence-electron chi connectivity index (χ2n) is 5.93. The van der Waals surface area contributed by atoms with Crippen LogP contribution in [0.3, 0.4) is 0 Å². The third kappa shape index (κ3) is 3.83. The first-order chi connectivity index (χ1) is 10.3. The highest BCUT2D eigenvalue weighted by atomic mass is 16.7. The van der Waals surface area contributed by atoms with Crippen LogP contribution in [-0.4, -0.2) is 30.9 Å². The van der Waals surface area contributed by atoms with Crippen LogP contribution in [0.25, 0.3) is 0 Å². The second-order valence-corrected chi connectivity index (χ2v) is 5.93. The van der Waals surface area contributed by atoms with E-state index in [1.54, 1.807) is 0 Å². The lowest BCUT2D eigenvalue weighted by molar-refractivity contribution is -0.180. The third-order valence-corrected chi connectivity index (χ3v) is 4.41. The van der Waals surface area contributed by atoms with Crippen LogP contribution in [0.4, 0.5) is 0 Å². The molecule has 1 aliphatic heterocycles. The summed E-state index contributed by atoms with van der Waals surface area (Å²) in [5, 5.41) is 3.15. The van der Waals surface area contributed by atoms with Gasteiger partial charge in [0.15, 0.2) is 5.79 Å². The van der Waals surface area contributed by atoms with Crippen molar-refractivity contribution in [3.05, 3.63) is 35.9 Å². The van der Waals surface area contributed by atoms with E-state index in [2.05, 4.69) is 17.4 Å². The van der Waals surface area contributed by atoms with Crippen molar-refractivity contribution in [3.8, 4) is 0 Å². The topological polar surface area (TPSA) is 47.6 Å². The smallest absolute Gasteiger partial charge is 0.220 e. The van der Waals surface area contributed by atoms with E-state index in [-0.39, 0.29) is 17.7 Å². The molecule has 2 fully saturated rings. The quantitative estimate of drug-likeness (QED) is 0.926. The van der Waals surface area contributed by atoms with Crippen molar-refractivity contribution in [2.75, 3.05) is 13.2 Å². The van der Waals surface area contributed by atoms with Gasteiger partial charge in [-0.05, 0) is 24.8 Å². The molecule has 1 spiro atoms. The Morgan fingerprint density at radius 3 is 2.48 bits per heavy atom. The van der Waals surface area contributed by atoms with Crippen molar-refractivity contribution in [1.29, 1.82) is 0 Å². The molecule has 2 aliphatic rings. The molecule has 0 radical (unpaired) electrons. The molecular weight excluding hydrogens is 266 g/mol. The van der Waals surface area contributed by atoms with Gasteiger partial charge in [-0.25, -0.2) is 0 Å². The molecule has 1 aliphatic carbocycles. The number of benzene rings is 1. The van der Waals surface area contributed by atoms with Crippen LogP contribution in [0.1, 0.15) is 37.7 Å². The summed E-state index contributed by atoms with van der Waals surface area (Å²) in [6.07, 6.45) is 5.01. The fourth-order valence-corrected chi connectivity index (χ4v) is 3.19. The highest BCUT2D eigenvalue weighted by molar-refractivity contribution is 5.76. The minimum Gasteiger partial charge on any atom is -0.353 e. The third-order valence-electron chi connectivity index (χ3n) is 4.41. The molecule has 1 heterocycles. The van der Waals surface area contributed by atoms with E-state index in [4.69, 9.17) is 9.47 Å². The van der Waals surface area contributed by atoms with Crippen molar-refractivity contribution < 1.29 is 14.3 Å². The van der Waals surface area contributed by atoms with Crippen molar-refractivity contribution in [2.24, 2.45) is 0 Å². The highest BCUT2D eigenvalue weighted by Gasteiger charge is 2.40. The first-order valence-corrected chi connectivity index (χ1v) is 7.87. The number of amides is 1. The monoisotopic (exact) mass is 289 g/mol. The summed E-state index contributed by atoms with van der Waals surface area (Å²) >= 11 is 0. The van der Waals surface area contributed by atoms with Crippen LogP contribution in [0.15, 0.2) is 30.3 Å². The van der Waals surface area contributed by atoms with E-state index in [0.717, 1.165) is 32.1 Å². The van der Waals surface area contributed by atoms with E-state index in [9.17, 15) is 4.79 Å². The molecule has 4 heteroatoms. The number of ether oxygens (including phenoxy) is 2. The molecule has 1 aromatic carbocycles. The van der Waals surface area contributed by atoms with E-state index in [1.165, 1.54) is 5.56 Å². The first-order valence-electron chi connectivity index (χ1n) is 7.87. The van der Waals surface area contributed by atoms with Crippen LogP contribution in [-0.2, 0) is 20.7 Å². The molecule has 3 rings (SSSR count). The van der Waals surface area contributed by atoms with Gasteiger partial charge in [0.05, 0.1) is 13.2 Å². The van der Waals surface area contributed by atoms with Gasteiger partial charge in [-0.3, -0.25) is 4.79 Å². The van der Waals surface area contributed by atoms with Crippen LogP contribution in [0, 0.1) is 0 Å². The van der Waals surface area contributed by atoms with Crippen molar-refractivity contribution in [2.45, 2.75) is 50.4 Å². The Balaban J connectivity index is 1.40. The minimum atomic E-state index is -0.342. The molecule has 0 atom stereocenters. The highest BCUT2D eigenvalue weighted by Crippen LogP contribution is 2.35. The van der Waals surface area contributed by atoms with Crippen molar-refractivity contribution in [1.82, 2.24) is 5.32 Å². The van der Waals surface area contributed by atoms with E-state index >= 15 is 0 Å². The molecule has 0 bridgehead atoms. The zero-order valence-corrected chi connectivity index (χ0v) is 12.3. The van der Waals surface area contributed by atoms with Gasteiger partial charge in [0, 0.05) is 25.3 Å². The molecule has 21 heavy (non-hydrogen) atoms. The van der Waals surface area contributed by atoms with E-state index < -0.39 is 0 Å². The number of carbonyl (C=O) groups excluding carboxylic acids is 1. The van der Waals surface area contributed by atoms with Gasteiger partial charge in [-0.15, -0.1) is 0 Å². The molecule has 1 saturated heterocycles. The second kappa shape index (κ2) is 6.58. The van der Waals surface area contributed by atoms with E-state index in [1.807, 2.05) is 18.2 Å². The summed E-state index contributed by atoms with van der Waals surface area (Å²) in [6.45, 7) is 1.40. The number of rotatable bonds is 4. The fourth-order valence-electron chi connectivity index (χ4n) is 3.19. The number of aryl methyl sites for hydroxylation is 1. The Kier molecular flexibility index (Phi) is 4.56. The van der Waals surface area contributed by atoms with Crippen LogP contribution in [0.2, 0.25) is 0 Å². The minimum absolute atomic E-state index is 0.146. The van der Waals surface area contributed by atoms with Crippen LogP contribution >= 0.6 is 0 Å². The molecule has 1 aromatic rings. The van der Waals surface area contributed by atoms with E-state index in [0.29, 0.717) is 19.6 Å². The first kappa shape index (κ1) is 14.5. The molecule has 1 N–H and O–H groups in total. The predicted molar refractivity (Wildman–Crippen MR) is 79.8 cm³/mol. The van der Waals surface area contributed by atoms with Gasteiger partial charge in [0.1, 0.15) is 0 Å². The maximum Gasteiger partial charge on any atom is 0.220 e. The Bertz CT molecular complexity index is 458. The lowest BCUT2D eigenvalue weighted by atomic mass is 9.90. The summed E-state index contributed by atoms with van der Waals surface area (Å²) in [7, 11) is 0. The number of hydrogen-bond donors (Lipinski definition) is 1. The van der Waals surface area contributed by atoms with Crippen molar-refractivity contribution >= 4 is 5.91 Å². The summed E-state index contributed by atoms with van der Waals surface area (Å²) in [6, 6.07) is 10.4. The number of nitrogens with one attached hydrogen (secondary N) is 1. The molecule has 1 amide bonds. The van der Waals surface area contributed by atoms with Gasteiger partial charge in [-0.1, -0.05) is 30.3 Å². The number of carbonyl (C=O) groups is 1. The maximum absolute atomic E-state index is 12.0. The average Bonchev–Trinajstić information content (AvgIpc) is 2.97. The summed E-state index contributed by atoms with van der Waals surface area (Å²) in [5.41, 5.74) is 1.21. The molecule has 0 aromatic heterocycles. The largest absolute Gasteiger partial charge is 0.353 e. The Labute approximate surface area is 125 Å². The van der Waals surface area contributed by atoms with Crippen LogP contribution in [0.5, 0.6) is 0 Å². The summed E-state index contributed by atoms with van der Waals surface area (Å²) in [4.78, 5) is 12.0. The average molecular weight is 289 g/mol. The molecule has 1 saturated carbocycles. The molecule has 0 unspecified atom stereocenters. The molecule has 4 nitrogen and oxygen atoms in total. The lowest BCUT2D eigenvalue weighted by Crippen LogP contribution is -2.44. The zero-order chi connectivity index (χ0) is 14.5. The summed E-state index contributed by atoms with van der Waals surface area (Å²) < 4.78 is 11.4. The number of hydrogen-bond acceptors (Lipinski definition) is 3. The van der Waals surface area contributed by atoms with Crippen LogP contribution < -0.4 is 5.32 Å². The van der Waals surface area contributed by atoms with Crippen molar-refractivity contribution in [3.63, 3.8) is 0 Å². The molecule has 114 valence electrons. The normalized spacial score (nSPS) is 21.5. The lowest BCUT2D eigenvalue weighted by Gasteiger charge is -2.35. The standard InChI is InChI=1S/C17H23NO3/c19-16(7-6-14-4-2-1-3-5-14)18-15-8-10-17(11-9-15)20-12-13-21-17/h1-5,15H,6-13H2,(H,18,19). The Morgan fingerprint density at radius 2 is 1.81 bits per heavy atom. The van der Waals surface area contributed by atoms with Gasteiger partial charge >= 0.3 is 0 Å². The Hall–Kier alpha value is -1.39. The van der Waals surface area contributed by atoms with Gasteiger partial charge in [0.2, 0.25) is 5.91 Å². The zero-order valence-electron chi connectivity index (χ0n) is 12.3. The SMILES string of the molecule is O=C(CCc1ccccc1)NC1CCC2(CC1)OCCO2. The molecular formula is C17H23NO3. The maximum atomic E-state index is 12.0. The predicted octanol–water partition coefficient (Wildman–Crippen LogP) is 2.42. The Morgan fingerprint density at radius 1 is 1.14 bits per heavy atom. The summed E-state index contributed by atoms with van der Waals surface area (Å²) in [5.74, 6) is -0.196. The fraction of sp³-hybridized carbons (Fsp3) is 0.588. The van der Waals surface area contributed by atoms with Gasteiger partial charge < -0.3 is 14.8 Å².